The molecule has 0 unspecified atom stereocenters. The van der Waals surface area contributed by atoms with E-state index in [1.165, 1.54) is 30.3 Å². The van der Waals surface area contributed by atoms with Crippen LogP contribution in [-0.4, -0.2) is 16.1 Å². The van der Waals surface area contributed by atoms with Crippen LogP contribution in [0.15, 0.2) is 66.7 Å². The van der Waals surface area contributed by atoms with Gasteiger partial charge in [-0.15, -0.1) is 23.2 Å². The Labute approximate surface area is 203 Å². The minimum Gasteiger partial charge on any atom is -0.326 e. The minimum atomic E-state index is -1.31. The zero-order chi connectivity index (χ0) is 23.0. The molecule has 4 nitrogen and oxygen atoms in total. The monoisotopic (exact) mass is 510 g/mol. The van der Waals surface area contributed by atoms with E-state index in [0.29, 0.717) is 32.5 Å². The summed E-state index contributed by atoms with van der Waals surface area (Å²) < 4.78 is 11.7. The Hall–Kier alpha value is -2.31. The number of amides is 2. The average Bonchev–Trinajstić information content (AvgIpc) is 3.31. The Kier molecular flexibility index (Phi) is 6.37. The molecule has 0 saturated heterocycles. The van der Waals surface area contributed by atoms with Gasteiger partial charge in [-0.1, -0.05) is 29.3 Å². The Morgan fingerprint density at radius 2 is 1.50 bits per heavy atom. The zero-order valence-electron chi connectivity index (χ0n) is 16.2. The van der Waals surface area contributed by atoms with Crippen molar-refractivity contribution in [2.24, 2.45) is 5.92 Å². The van der Waals surface area contributed by atoms with Crippen LogP contribution in [0.1, 0.15) is 21.8 Å². The van der Waals surface area contributed by atoms with Crippen LogP contribution >= 0.6 is 46.4 Å². The van der Waals surface area contributed by atoms with Crippen LogP contribution in [0.4, 0.5) is 15.8 Å². The molecule has 1 aliphatic rings. The maximum absolute atomic E-state index is 13.0. The summed E-state index contributed by atoms with van der Waals surface area (Å²) in [5.41, 5.74) is 1.82. The summed E-state index contributed by atoms with van der Waals surface area (Å²) in [4.78, 5) is 25.4. The van der Waals surface area contributed by atoms with Crippen molar-refractivity contribution in [2.45, 2.75) is 10.3 Å². The first-order valence-corrected chi connectivity index (χ1v) is 11.0. The van der Waals surface area contributed by atoms with Crippen molar-refractivity contribution in [2.75, 3.05) is 10.6 Å². The Bertz CT molecular complexity index is 1180. The highest BCUT2D eigenvalue weighted by atomic mass is 35.5. The van der Waals surface area contributed by atoms with Crippen LogP contribution in [0, 0.1) is 11.7 Å². The third-order valence-electron chi connectivity index (χ3n) is 5.07. The first-order chi connectivity index (χ1) is 15.1. The zero-order valence-corrected chi connectivity index (χ0v) is 19.2. The smallest absolute Gasteiger partial charge is 0.255 e. The van der Waals surface area contributed by atoms with Gasteiger partial charge in [0.1, 0.15) is 10.2 Å². The number of benzene rings is 3. The largest absolute Gasteiger partial charge is 0.326 e. The van der Waals surface area contributed by atoms with E-state index in [-0.39, 0.29) is 0 Å². The molecule has 0 aromatic heterocycles. The second kappa shape index (κ2) is 8.91. The lowest BCUT2D eigenvalue weighted by atomic mass is 10.1. The van der Waals surface area contributed by atoms with Crippen molar-refractivity contribution in [1.29, 1.82) is 0 Å². The number of nitrogens with one attached hydrogen (secondary N) is 2. The predicted molar refractivity (Wildman–Crippen MR) is 127 cm³/mol. The number of carbonyl (C=O) groups excluding carboxylic acids is 2. The first kappa shape index (κ1) is 22.9. The van der Waals surface area contributed by atoms with Crippen LogP contribution in [0.5, 0.6) is 0 Å². The molecule has 0 bridgehead atoms. The highest BCUT2D eigenvalue weighted by Crippen LogP contribution is 2.65. The maximum atomic E-state index is 13.0. The van der Waals surface area contributed by atoms with E-state index in [1.54, 1.807) is 36.4 Å². The van der Waals surface area contributed by atoms with Gasteiger partial charge in [0.2, 0.25) is 5.91 Å². The predicted octanol–water partition coefficient (Wildman–Crippen LogP) is 6.91. The maximum Gasteiger partial charge on any atom is 0.255 e. The van der Waals surface area contributed by atoms with Crippen LogP contribution in [0.3, 0.4) is 0 Å². The van der Waals surface area contributed by atoms with Gasteiger partial charge >= 0.3 is 0 Å². The van der Waals surface area contributed by atoms with Gasteiger partial charge in [-0.05, 0) is 66.2 Å². The molecule has 32 heavy (non-hydrogen) atoms. The molecule has 1 saturated carbocycles. The molecule has 3 aromatic carbocycles. The highest BCUT2D eigenvalue weighted by molar-refractivity contribution is 6.53. The number of hydrogen-bond acceptors (Lipinski definition) is 2. The van der Waals surface area contributed by atoms with Crippen molar-refractivity contribution in [3.63, 3.8) is 0 Å². The van der Waals surface area contributed by atoms with E-state index in [9.17, 15) is 14.0 Å². The lowest BCUT2D eigenvalue weighted by molar-refractivity contribution is -0.117. The number of halogens is 5. The van der Waals surface area contributed by atoms with Gasteiger partial charge in [0.05, 0.1) is 5.92 Å². The molecule has 2 atom stereocenters. The molecule has 2 amide bonds. The molecule has 0 heterocycles. The molecule has 0 aliphatic heterocycles. The van der Waals surface area contributed by atoms with Gasteiger partial charge in [-0.25, -0.2) is 4.39 Å². The summed E-state index contributed by atoms with van der Waals surface area (Å²) in [5, 5.41) is 6.26. The number of alkyl halides is 2. The van der Waals surface area contributed by atoms with Gasteiger partial charge in [0, 0.05) is 32.9 Å². The topological polar surface area (TPSA) is 58.2 Å². The van der Waals surface area contributed by atoms with Crippen molar-refractivity contribution in [3.05, 3.63) is 93.7 Å². The second-order valence-corrected chi connectivity index (χ2v) is 9.68. The number of carbonyl (C=O) groups is 2. The average molecular weight is 512 g/mol. The van der Waals surface area contributed by atoms with Crippen LogP contribution < -0.4 is 10.6 Å². The normalized spacial score (nSPS) is 18.7. The van der Waals surface area contributed by atoms with E-state index in [0.717, 1.165) is 0 Å². The standard InChI is InChI=1S/C23H15Cl4FN2O2/c24-14-8-13(9-15(25)11-14)19-20(23(19,26)27)22(32)30-18-3-1-2-12(10-18)21(31)29-17-6-4-16(28)5-7-17/h1-11,19-20H,(H,29,31)(H,30,32)/t19-,20+/m1/s1. The fourth-order valence-electron chi connectivity index (χ4n) is 3.52. The number of hydrogen-bond donors (Lipinski definition) is 2. The summed E-state index contributed by atoms with van der Waals surface area (Å²) >= 11 is 24.9. The lowest BCUT2D eigenvalue weighted by Crippen LogP contribution is -2.18. The molecule has 1 aliphatic carbocycles. The molecule has 1 fully saturated rings. The summed E-state index contributed by atoms with van der Waals surface area (Å²) in [6.07, 6.45) is 0. The first-order valence-electron chi connectivity index (χ1n) is 9.47. The van der Waals surface area contributed by atoms with E-state index >= 15 is 0 Å². The van der Waals surface area contributed by atoms with Gasteiger partial charge in [0.15, 0.2) is 0 Å². The van der Waals surface area contributed by atoms with Crippen molar-refractivity contribution >= 4 is 69.6 Å². The summed E-state index contributed by atoms with van der Waals surface area (Å²) in [5.74, 6) is -2.41. The molecule has 4 rings (SSSR count). The quantitative estimate of drug-likeness (QED) is 0.365. The van der Waals surface area contributed by atoms with Crippen molar-refractivity contribution in [3.8, 4) is 0 Å². The van der Waals surface area contributed by atoms with Crippen molar-refractivity contribution < 1.29 is 14.0 Å². The molecule has 164 valence electrons. The van der Waals surface area contributed by atoms with Crippen LogP contribution in [0.25, 0.3) is 0 Å². The lowest BCUT2D eigenvalue weighted by Gasteiger charge is -2.09. The Balaban J connectivity index is 1.47. The van der Waals surface area contributed by atoms with E-state index in [2.05, 4.69) is 10.6 Å². The molecule has 0 spiro atoms. The molecule has 9 heteroatoms. The molecule has 0 radical (unpaired) electrons. The van der Waals surface area contributed by atoms with E-state index < -0.39 is 33.8 Å². The van der Waals surface area contributed by atoms with E-state index in [4.69, 9.17) is 46.4 Å². The fraction of sp³-hybridized carbons (Fsp3) is 0.130. The number of rotatable bonds is 5. The molecular formula is C23H15Cl4FN2O2. The Morgan fingerprint density at radius 1 is 0.844 bits per heavy atom. The summed E-state index contributed by atoms with van der Waals surface area (Å²) in [7, 11) is 0. The minimum absolute atomic E-state index is 0.309. The highest BCUT2D eigenvalue weighted by Gasteiger charge is 2.67. The van der Waals surface area contributed by atoms with Crippen LogP contribution in [-0.2, 0) is 4.79 Å². The van der Waals surface area contributed by atoms with Gasteiger partial charge in [-0.2, -0.15) is 0 Å². The second-order valence-electron chi connectivity index (χ2n) is 7.36. The van der Waals surface area contributed by atoms with Crippen LogP contribution in [0.2, 0.25) is 10.0 Å². The molecular weight excluding hydrogens is 497 g/mol. The third kappa shape index (κ3) is 4.86. The van der Waals surface area contributed by atoms with Crippen molar-refractivity contribution in [1.82, 2.24) is 0 Å². The SMILES string of the molecule is O=C(Nc1ccc(F)cc1)c1cccc(NC(=O)[C@@H]2[C@@H](c3cc(Cl)cc(Cl)c3)C2(Cl)Cl)c1. The summed E-state index contributed by atoms with van der Waals surface area (Å²) in [6, 6.07) is 16.7. The van der Waals surface area contributed by atoms with E-state index in [1.807, 2.05) is 0 Å². The van der Waals surface area contributed by atoms with Gasteiger partial charge < -0.3 is 10.6 Å². The summed E-state index contributed by atoms with van der Waals surface area (Å²) in [6.45, 7) is 0. The van der Waals surface area contributed by atoms with Gasteiger partial charge in [-0.3, -0.25) is 9.59 Å². The van der Waals surface area contributed by atoms with Gasteiger partial charge in [0.25, 0.3) is 5.91 Å². The number of anilines is 2. The fourth-order valence-corrected chi connectivity index (χ4v) is 4.89. The Morgan fingerprint density at radius 3 is 2.16 bits per heavy atom. The molecule has 3 aromatic rings. The third-order valence-corrected chi connectivity index (χ3v) is 6.45. The molecule has 2 N–H and O–H groups in total.